The molecule has 0 aromatic heterocycles. The second-order valence-corrected chi connectivity index (χ2v) is 7.21. The summed E-state index contributed by atoms with van der Waals surface area (Å²) < 4.78 is 0. The number of unbranched alkanes of at least 4 members (excludes halogenated alkanes) is 3. The number of carboxylic acid groups (broad SMARTS) is 1. The molecular weight excluding hydrogens is 350 g/mol. The summed E-state index contributed by atoms with van der Waals surface area (Å²) in [4.78, 5) is 22.1. The average Bonchev–Trinajstić information content (AvgIpc) is 2.70. The first-order chi connectivity index (χ1) is 13.6. The summed E-state index contributed by atoms with van der Waals surface area (Å²) in [6, 6.07) is 19.2. The lowest BCUT2D eigenvalue weighted by Gasteiger charge is -2.06. The van der Waals surface area contributed by atoms with Crippen molar-refractivity contribution in [2.45, 2.75) is 57.8 Å². The van der Waals surface area contributed by atoms with E-state index >= 15 is 0 Å². The van der Waals surface area contributed by atoms with Gasteiger partial charge in [-0.3, -0.25) is 9.59 Å². The fraction of sp³-hybridized carbons (Fsp3) is 0.417. The number of benzene rings is 2. The number of nitrogens with one attached hydrogen (secondary N) is 1. The smallest absolute Gasteiger partial charge is 0.305 e. The van der Waals surface area contributed by atoms with Crippen molar-refractivity contribution in [2.75, 3.05) is 6.54 Å². The summed E-state index contributed by atoms with van der Waals surface area (Å²) in [5.41, 5.74) is 3.91. The highest BCUT2D eigenvalue weighted by Crippen LogP contribution is 2.12. The summed E-state index contributed by atoms with van der Waals surface area (Å²) in [5.74, 6) is -0.993. The number of carboxylic acids is 1. The van der Waals surface area contributed by atoms with E-state index in [1.54, 1.807) is 0 Å². The van der Waals surface area contributed by atoms with Crippen molar-refractivity contribution in [2.24, 2.45) is 0 Å². The fourth-order valence-electron chi connectivity index (χ4n) is 3.18. The Morgan fingerprint density at radius 2 is 1.21 bits per heavy atom. The van der Waals surface area contributed by atoms with Gasteiger partial charge in [-0.25, -0.2) is 0 Å². The van der Waals surface area contributed by atoms with Gasteiger partial charge in [-0.15, -0.1) is 0 Å². The van der Waals surface area contributed by atoms with Gasteiger partial charge in [0, 0.05) is 13.0 Å². The van der Waals surface area contributed by atoms with Gasteiger partial charge in [0.1, 0.15) is 0 Å². The van der Waals surface area contributed by atoms with Crippen molar-refractivity contribution in [1.29, 1.82) is 0 Å². The van der Waals surface area contributed by atoms with Gasteiger partial charge in [-0.2, -0.15) is 0 Å². The number of aliphatic carboxylic acids is 1. The maximum absolute atomic E-state index is 11.7. The summed E-state index contributed by atoms with van der Waals surface area (Å²) in [5, 5.41) is 11.2. The summed E-state index contributed by atoms with van der Waals surface area (Å²) in [6.07, 6.45) is 8.28. The van der Waals surface area contributed by atoms with Crippen LogP contribution in [0.4, 0.5) is 0 Å². The van der Waals surface area contributed by atoms with Gasteiger partial charge in [0.05, 0.1) is 6.42 Å². The molecule has 4 nitrogen and oxygen atoms in total. The highest BCUT2D eigenvalue weighted by molar-refractivity contribution is 5.77. The number of rotatable bonds is 13. The molecule has 0 fully saturated rings. The standard InChI is InChI=1S/C24H31NO3/c26-23(25-19-18-24(27)28)17-16-22-14-12-21(13-15-22)11-5-2-1-4-8-20-9-6-3-7-10-20/h3,6-7,9-10,12-15H,1-2,4-5,8,11,16-19H2,(H,25,26)(H,27,28). The van der Waals surface area contributed by atoms with Crippen LogP contribution in [-0.4, -0.2) is 23.5 Å². The molecule has 0 spiro atoms. The zero-order chi connectivity index (χ0) is 20.0. The topological polar surface area (TPSA) is 66.4 Å². The van der Waals surface area contributed by atoms with Gasteiger partial charge in [0.2, 0.25) is 5.91 Å². The molecule has 0 aliphatic heterocycles. The predicted octanol–water partition coefficient (Wildman–Crippen LogP) is 4.56. The minimum absolute atomic E-state index is 0.0350. The van der Waals surface area contributed by atoms with E-state index < -0.39 is 5.97 Å². The van der Waals surface area contributed by atoms with E-state index in [0.29, 0.717) is 12.8 Å². The van der Waals surface area contributed by atoms with Gasteiger partial charge in [-0.1, -0.05) is 67.4 Å². The average molecular weight is 382 g/mol. The molecule has 0 saturated heterocycles. The SMILES string of the molecule is O=C(O)CCNC(=O)CCc1ccc(CCCCCCc2ccccc2)cc1. The van der Waals surface area contributed by atoms with E-state index in [9.17, 15) is 9.59 Å². The molecule has 150 valence electrons. The number of carbonyl (C=O) groups is 2. The van der Waals surface area contributed by atoms with Crippen molar-refractivity contribution in [1.82, 2.24) is 5.32 Å². The molecule has 4 heteroatoms. The van der Waals surface area contributed by atoms with Crippen LogP contribution in [0.3, 0.4) is 0 Å². The largest absolute Gasteiger partial charge is 0.481 e. The Morgan fingerprint density at radius 3 is 1.79 bits per heavy atom. The Hall–Kier alpha value is -2.62. The maximum Gasteiger partial charge on any atom is 0.305 e. The van der Waals surface area contributed by atoms with Crippen LogP contribution in [0.15, 0.2) is 54.6 Å². The lowest BCUT2D eigenvalue weighted by atomic mass is 10.0. The van der Waals surface area contributed by atoms with Gasteiger partial charge in [-0.05, 0) is 48.8 Å². The van der Waals surface area contributed by atoms with Crippen molar-refractivity contribution in [3.63, 3.8) is 0 Å². The third-order valence-electron chi connectivity index (χ3n) is 4.85. The van der Waals surface area contributed by atoms with Crippen molar-refractivity contribution < 1.29 is 14.7 Å². The molecule has 1 amide bonds. The molecule has 28 heavy (non-hydrogen) atoms. The second-order valence-electron chi connectivity index (χ2n) is 7.21. The molecule has 2 aromatic rings. The molecule has 2 N–H and O–H groups in total. The molecule has 0 radical (unpaired) electrons. The molecule has 0 aliphatic carbocycles. The predicted molar refractivity (Wildman–Crippen MR) is 112 cm³/mol. The molecular formula is C24H31NO3. The number of hydrogen-bond acceptors (Lipinski definition) is 2. The normalized spacial score (nSPS) is 10.6. The van der Waals surface area contributed by atoms with Crippen molar-refractivity contribution in [3.05, 3.63) is 71.3 Å². The van der Waals surface area contributed by atoms with Gasteiger partial charge < -0.3 is 10.4 Å². The first-order valence-corrected chi connectivity index (χ1v) is 10.2. The van der Waals surface area contributed by atoms with E-state index in [1.807, 2.05) is 0 Å². The molecule has 0 heterocycles. The molecule has 2 rings (SSSR count). The highest BCUT2D eigenvalue weighted by Gasteiger charge is 2.04. The highest BCUT2D eigenvalue weighted by atomic mass is 16.4. The van der Waals surface area contributed by atoms with E-state index in [4.69, 9.17) is 5.11 Å². The maximum atomic E-state index is 11.7. The second kappa shape index (κ2) is 12.7. The first-order valence-electron chi connectivity index (χ1n) is 10.2. The van der Waals surface area contributed by atoms with Gasteiger partial charge >= 0.3 is 5.97 Å². The lowest BCUT2D eigenvalue weighted by Crippen LogP contribution is -2.26. The Kier molecular flexibility index (Phi) is 9.84. The van der Waals surface area contributed by atoms with Crippen LogP contribution in [0.1, 0.15) is 55.2 Å². The number of hydrogen-bond donors (Lipinski definition) is 2. The Bertz CT molecular complexity index is 710. The fourth-order valence-corrected chi connectivity index (χ4v) is 3.18. The Morgan fingerprint density at radius 1 is 0.679 bits per heavy atom. The van der Waals surface area contributed by atoms with Gasteiger partial charge in [0.15, 0.2) is 0 Å². The number of amides is 1. The molecule has 0 aliphatic rings. The van der Waals surface area contributed by atoms with Gasteiger partial charge in [0.25, 0.3) is 0 Å². The number of aryl methyl sites for hydroxylation is 3. The lowest BCUT2D eigenvalue weighted by molar-refractivity contribution is -0.136. The Balaban J connectivity index is 1.55. The van der Waals surface area contributed by atoms with Crippen LogP contribution in [0.25, 0.3) is 0 Å². The van der Waals surface area contributed by atoms with Crippen LogP contribution in [-0.2, 0) is 28.9 Å². The summed E-state index contributed by atoms with van der Waals surface area (Å²) >= 11 is 0. The van der Waals surface area contributed by atoms with Crippen LogP contribution >= 0.6 is 0 Å². The zero-order valence-electron chi connectivity index (χ0n) is 16.5. The van der Waals surface area contributed by atoms with Crippen LogP contribution in [0.5, 0.6) is 0 Å². The zero-order valence-corrected chi connectivity index (χ0v) is 16.5. The van der Waals surface area contributed by atoms with Crippen LogP contribution in [0, 0.1) is 0 Å². The van der Waals surface area contributed by atoms with E-state index in [1.165, 1.54) is 43.2 Å². The van der Waals surface area contributed by atoms with Crippen molar-refractivity contribution >= 4 is 11.9 Å². The first kappa shape index (κ1) is 21.7. The minimum Gasteiger partial charge on any atom is -0.481 e. The Labute approximate surface area is 168 Å². The summed E-state index contributed by atoms with van der Waals surface area (Å²) in [6.45, 7) is 0.193. The van der Waals surface area contributed by atoms with Crippen LogP contribution < -0.4 is 5.32 Å². The third-order valence-corrected chi connectivity index (χ3v) is 4.85. The van der Waals surface area contributed by atoms with E-state index in [2.05, 4.69) is 59.9 Å². The van der Waals surface area contributed by atoms with E-state index in [0.717, 1.165) is 12.0 Å². The molecule has 0 saturated carbocycles. The summed E-state index contributed by atoms with van der Waals surface area (Å²) in [7, 11) is 0. The molecule has 2 aromatic carbocycles. The van der Waals surface area contributed by atoms with E-state index in [-0.39, 0.29) is 18.9 Å². The molecule has 0 unspecified atom stereocenters. The monoisotopic (exact) mass is 381 g/mol. The van der Waals surface area contributed by atoms with Crippen LogP contribution in [0.2, 0.25) is 0 Å². The van der Waals surface area contributed by atoms with Crippen molar-refractivity contribution in [3.8, 4) is 0 Å². The third kappa shape index (κ3) is 9.36. The minimum atomic E-state index is -0.896. The molecule has 0 bridgehead atoms. The molecule has 0 atom stereocenters. The quantitative estimate of drug-likeness (QED) is 0.500. The number of carbonyl (C=O) groups excluding carboxylic acids is 1.